The second-order valence-electron chi connectivity index (χ2n) is 7.53. The lowest BCUT2D eigenvalue weighted by molar-refractivity contribution is 0.0717. The van der Waals surface area contributed by atoms with Crippen molar-refractivity contribution in [2.24, 2.45) is 0 Å². The molecule has 3 nitrogen and oxygen atoms in total. The standard InChI is InChI=1S/C22H25NO2S2/c1-14-5-3-6-16(13-14)15-9-11-23(12-10-15)21(25)20-17-7-4-8-18(24)19(17)22(26-2)27-20/h3,5-6,13,15H,4,7-12H2,1-2H3. The maximum Gasteiger partial charge on any atom is 0.264 e. The summed E-state index contributed by atoms with van der Waals surface area (Å²) in [6.07, 6.45) is 6.36. The molecule has 2 aliphatic rings. The highest BCUT2D eigenvalue weighted by Gasteiger charge is 2.32. The van der Waals surface area contributed by atoms with Crippen molar-refractivity contribution >= 4 is 34.8 Å². The number of carbonyl (C=O) groups is 2. The number of fused-ring (bicyclic) bond motifs is 1. The summed E-state index contributed by atoms with van der Waals surface area (Å²) in [6, 6.07) is 8.74. The largest absolute Gasteiger partial charge is 0.338 e. The van der Waals surface area contributed by atoms with Gasteiger partial charge in [0.25, 0.3) is 5.91 Å². The molecule has 0 N–H and O–H groups in total. The minimum atomic E-state index is 0.133. The predicted molar refractivity (Wildman–Crippen MR) is 112 cm³/mol. The van der Waals surface area contributed by atoms with E-state index in [-0.39, 0.29) is 11.7 Å². The van der Waals surface area contributed by atoms with Crippen molar-refractivity contribution in [3.63, 3.8) is 0 Å². The van der Waals surface area contributed by atoms with Gasteiger partial charge in [0.05, 0.1) is 9.09 Å². The Morgan fingerprint density at radius 1 is 1.22 bits per heavy atom. The maximum absolute atomic E-state index is 13.2. The zero-order valence-corrected chi connectivity index (χ0v) is 17.5. The van der Waals surface area contributed by atoms with Crippen molar-refractivity contribution < 1.29 is 9.59 Å². The third kappa shape index (κ3) is 3.59. The van der Waals surface area contributed by atoms with E-state index in [1.165, 1.54) is 22.5 Å². The van der Waals surface area contributed by atoms with Gasteiger partial charge in [0, 0.05) is 25.1 Å². The van der Waals surface area contributed by atoms with Gasteiger partial charge >= 0.3 is 0 Å². The first-order valence-electron chi connectivity index (χ1n) is 9.67. The topological polar surface area (TPSA) is 37.4 Å². The Balaban J connectivity index is 1.51. The first-order valence-corrected chi connectivity index (χ1v) is 11.7. The van der Waals surface area contributed by atoms with Crippen molar-refractivity contribution in [1.82, 2.24) is 4.90 Å². The highest BCUT2D eigenvalue weighted by molar-refractivity contribution is 8.00. The quantitative estimate of drug-likeness (QED) is 0.656. The second kappa shape index (κ2) is 7.80. The summed E-state index contributed by atoms with van der Waals surface area (Å²) in [5.74, 6) is 0.887. The lowest BCUT2D eigenvalue weighted by Crippen LogP contribution is -2.38. The van der Waals surface area contributed by atoms with Crippen LogP contribution in [0.15, 0.2) is 28.5 Å². The lowest BCUT2D eigenvalue weighted by atomic mass is 9.88. The predicted octanol–water partition coefficient (Wildman–Crippen LogP) is 5.32. The van der Waals surface area contributed by atoms with E-state index in [0.29, 0.717) is 12.3 Å². The molecule has 1 saturated heterocycles. The van der Waals surface area contributed by atoms with Crippen LogP contribution in [0.1, 0.15) is 68.3 Å². The zero-order chi connectivity index (χ0) is 19.0. The number of likely N-dealkylation sites (tertiary alicyclic amines) is 1. The Morgan fingerprint density at radius 2 is 2.00 bits per heavy atom. The summed E-state index contributed by atoms with van der Waals surface area (Å²) in [4.78, 5) is 28.4. The van der Waals surface area contributed by atoms with Crippen LogP contribution < -0.4 is 0 Å². The van der Waals surface area contributed by atoms with E-state index in [1.54, 1.807) is 11.8 Å². The number of piperidine rings is 1. The average molecular weight is 400 g/mol. The minimum absolute atomic E-state index is 0.133. The molecule has 0 unspecified atom stereocenters. The highest BCUT2D eigenvalue weighted by Crippen LogP contribution is 2.40. The first-order chi connectivity index (χ1) is 13.1. The fourth-order valence-electron chi connectivity index (χ4n) is 4.31. The molecule has 4 rings (SSSR count). The van der Waals surface area contributed by atoms with Gasteiger partial charge in [-0.3, -0.25) is 9.59 Å². The van der Waals surface area contributed by atoms with Gasteiger partial charge in [0.15, 0.2) is 5.78 Å². The van der Waals surface area contributed by atoms with Crippen molar-refractivity contribution in [2.45, 2.75) is 49.2 Å². The molecule has 1 aliphatic heterocycles. The van der Waals surface area contributed by atoms with Gasteiger partial charge in [-0.05, 0) is 55.9 Å². The van der Waals surface area contributed by atoms with E-state index in [9.17, 15) is 9.59 Å². The first kappa shape index (κ1) is 18.8. The molecule has 5 heteroatoms. The maximum atomic E-state index is 13.2. The van der Waals surface area contributed by atoms with Gasteiger partial charge in [0.2, 0.25) is 0 Å². The molecule has 0 saturated carbocycles. The van der Waals surface area contributed by atoms with Crippen LogP contribution in [0, 0.1) is 6.92 Å². The van der Waals surface area contributed by atoms with Crippen LogP contribution in [-0.2, 0) is 6.42 Å². The van der Waals surface area contributed by atoms with Gasteiger partial charge in [-0.15, -0.1) is 23.1 Å². The van der Waals surface area contributed by atoms with Crippen molar-refractivity contribution in [3.05, 3.63) is 51.4 Å². The Bertz CT molecular complexity index is 878. The minimum Gasteiger partial charge on any atom is -0.338 e. The second-order valence-corrected chi connectivity index (χ2v) is 9.63. The van der Waals surface area contributed by atoms with Crippen LogP contribution in [0.5, 0.6) is 0 Å². The number of hydrogen-bond donors (Lipinski definition) is 0. The van der Waals surface area contributed by atoms with Crippen LogP contribution in [0.3, 0.4) is 0 Å². The Kier molecular flexibility index (Phi) is 5.42. The van der Waals surface area contributed by atoms with E-state index in [0.717, 1.165) is 59.0 Å². The molecular formula is C22H25NO2S2. The van der Waals surface area contributed by atoms with E-state index < -0.39 is 0 Å². The normalized spacial score (nSPS) is 17.9. The number of rotatable bonds is 3. The lowest BCUT2D eigenvalue weighted by Gasteiger charge is -2.32. The molecule has 27 heavy (non-hydrogen) atoms. The molecule has 142 valence electrons. The van der Waals surface area contributed by atoms with Crippen LogP contribution in [-0.4, -0.2) is 35.9 Å². The summed E-state index contributed by atoms with van der Waals surface area (Å²) < 4.78 is 1.02. The Morgan fingerprint density at radius 3 is 2.70 bits per heavy atom. The molecule has 1 amide bonds. The van der Waals surface area contributed by atoms with Crippen molar-refractivity contribution in [3.8, 4) is 0 Å². The average Bonchev–Trinajstić information content (AvgIpc) is 3.08. The van der Waals surface area contributed by atoms with Gasteiger partial charge in [-0.25, -0.2) is 0 Å². The van der Waals surface area contributed by atoms with Crippen molar-refractivity contribution in [1.29, 1.82) is 0 Å². The summed E-state index contributed by atoms with van der Waals surface area (Å²) in [5.41, 5.74) is 4.56. The van der Waals surface area contributed by atoms with Crippen LogP contribution in [0.4, 0.5) is 0 Å². The summed E-state index contributed by atoms with van der Waals surface area (Å²) in [6.45, 7) is 3.73. The van der Waals surface area contributed by atoms with Crippen molar-refractivity contribution in [2.75, 3.05) is 19.3 Å². The van der Waals surface area contributed by atoms with Gasteiger partial charge < -0.3 is 4.90 Å². The third-order valence-corrected chi connectivity index (χ3v) is 8.10. The molecule has 1 aromatic carbocycles. The summed E-state index contributed by atoms with van der Waals surface area (Å²) >= 11 is 3.13. The van der Waals surface area contributed by atoms with E-state index in [1.807, 2.05) is 11.2 Å². The number of carbonyl (C=O) groups excluding carboxylic acids is 2. The molecule has 0 bridgehead atoms. The fraction of sp³-hybridized carbons (Fsp3) is 0.455. The number of hydrogen-bond acceptors (Lipinski definition) is 4. The zero-order valence-electron chi connectivity index (χ0n) is 15.9. The monoisotopic (exact) mass is 399 g/mol. The molecule has 0 spiro atoms. The molecule has 0 radical (unpaired) electrons. The van der Waals surface area contributed by atoms with E-state index in [4.69, 9.17) is 0 Å². The molecule has 1 aromatic heterocycles. The Hall–Kier alpha value is -1.59. The number of benzene rings is 1. The van der Waals surface area contributed by atoms with Crippen LogP contribution in [0.2, 0.25) is 0 Å². The van der Waals surface area contributed by atoms with E-state index in [2.05, 4.69) is 31.2 Å². The smallest absolute Gasteiger partial charge is 0.264 e. The number of thioether (sulfide) groups is 1. The summed E-state index contributed by atoms with van der Waals surface area (Å²) in [5, 5.41) is 0. The third-order valence-electron chi connectivity index (χ3n) is 5.76. The number of Topliss-reactive ketones (excluding diaryl/α,β-unsaturated/α-hetero) is 1. The SMILES string of the molecule is CSc1sc(C(=O)N2CCC(c3cccc(C)c3)CC2)c2c1C(=O)CCC2. The van der Waals surface area contributed by atoms with Gasteiger partial charge in [-0.1, -0.05) is 29.8 Å². The van der Waals surface area contributed by atoms with Gasteiger partial charge in [-0.2, -0.15) is 0 Å². The van der Waals surface area contributed by atoms with E-state index >= 15 is 0 Å². The number of nitrogens with zero attached hydrogens (tertiary/aromatic N) is 1. The molecule has 0 atom stereocenters. The number of thiophene rings is 1. The van der Waals surface area contributed by atoms with Crippen LogP contribution >= 0.6 is 23.1 Å². The Labute approximate surface area is 169 Å². The molecule has 1 fully saturated rings. The fourth-order valence-corrected chi connectivity index (χ4v) is 6.41. The molecule has 1 aliphatic carbocycles. The number of amides is 1. The van der Waals surface area contributed by atoms with Crippen LogP contribution in [0.25, 0.3) is 0 Å². The number of ketones is 1. The summed E-state index contributed by atoms with van der Waals surface area (Å²) in [7, 11) is 0. The van der Waals surface area contributed by atoms with Gasteiger partial charge in [0.1, 0.15) is 0 Å². The molecular weight excluding hydrogens is 374 g/mol. The highest BCUT2D eigenvalue weighted by atomic mass is 32.2. The molecule has 2 aromatic rings. The molecule has 2 heterocycles. The number of aryl methyl sites for hydroxylation is 1.